The van der Waals surface area contributed by atoms with Crippen molar-refractivity contribution in [1.82, 2.24) is 10.2 Å². The van der Waals surface area contributed by atoms with Crippen molar-refractivity contribution in [3.63, 3.8) is 0 Å². The van der Waals surface area contributed by atoms with Crippen LogP contribution in [-0.2, 0) is 13.1 Å². The molecule has 0 aliphatic heterocycles. The fraction of sp³-hybridized carbons (Fsp3) is 0.750. The van der Waals surface area contributed by atoms with Gasteiger partial charge in [0.1, 0.15) is 11.5 Å². The Morgan fingerprint density at radius 1 is 1.16 bits per heavy atom. The molecule has 1 heterocycles. The highest BCUT2D eigenvalue weighted by Crippen LogP contribution is 2.17. The molecule has 1 aromatic heterocycles. The van der Waals surface area contributed by atoms with Crippen LogP contribution in [0.15, 0.2) is 10.5 Å². The fourth-order valence-corrected chi connectivity index (χ4v) is 2.46. The summed E-state index contributed by atoms with van der Waals surface area (Å²) in [5, 5.41) is 3.15. The van der Waals surface area contributed by atoms with Crippen LogP contribution >= 0.6 is 0 Å². The highest BCUT2D eigenvalue weighted by atomic mass is 16.3. The average molecular weight is 266 g/mol. The third-order valence-corrected chi connectivity index (χ3v) is 3.04. The van der Waals surface area contributed by atoms with Crippen molar-refractivity contribution in [1.29, 1.82) is 0 Å². The summed E-state index contributed by atoms with van der Waals surface area (Å²) in [7, 11) is 1.95. The first kappa shape index (κ1) is 16.3. The highest BCUT2D eigenvalue weighted by Gasteiger charge is 2.14. The van der Waals surface area contributed by atoms with Gasteiger partial charge in [-0.3, -0.25) is 4.90 Å². The van der Waals surface area contributed by atoms with E-state index in [2.05, 4.69) is 50.9 Å². The predicted molar refractivity (Wildman–Crippen MR) is 81.2 cm³/mol. The minimum Gasteiger partial charge on any atom is -0.463 e. The van der Waals surface area contributed by atoms with Crippen molar-refractivity contribution in [2.45, 2.75) is 47.7 Å². The molecule has 0 bridgehead atoms. The number of rotatable bonds is 8. The summed E-state index contributed by atoms with van der Waals surface area (Å²) < 4.78 is 5.94. The molecule has 0 saturated heterocycles. The number of hydrogen-bond acceptors (Lipinski definition) is 3. The molecule has 1 aromatic rings. The number of furan rings is 1. The first-order chi connectivity index (χ1) is 8.92. The maximum absolute atomic E-state index is 5.94. The van der Waals surface area contributed by atoms with Crippen LogP contribution in [0.4, 0.5) is 0 Å². The highest BCUT2D eigenvalue weighted by molar-refractivity contribution is 5.20. The van der Waals surface area contributed by atoms with Crippen LogP contribution in [0.5, 0.6) is 0 Å². The van der Waals surface area contributed by atoms with Crippen LogP contribution in [0.1, 0.15) is 44.8 Å². The lowest BCUT2D eigenvalue weighted by Gasteiger charge is -2.25. The van der Waals surface area contributed by atoms with Crippen molar-refractivity contribution >= 4 is 0 Å². The van der Waals surface area contributed by atoms with Gasteiger partial charge in [0, 0.05) is 13.1 Å². The van der Waals surface area contributed by atoms with E-state index in [4.69, 9.17) is 4.42 Å². The molecule has 0 spiro atoms. The van der Waals surface area contributed by atoms with Crippen LogP contribution in [0.2, 0.25) is 0 Å². The van der Waals surface area contributed by atoms with Gasteiger partial charge in [-0.1, -0.05) is 27.7 Å². The lowest BCUT2D eigenvalue weighted by Crippen LogP contribution is -2.30. The molecule has 3 nitrogen and oxygen atoms in total. The molecule has 0 unspecified atom stereocenters. The molecule has 0 saturated carbocycles. The summed E-state index contributed by atoms with van der Waals surface area (Å²) in [6.45, 7) is 15.2. The monoisotopic (exact) mass is 266 g/mol. The van der Waals surface area contributed by atoms with Gasteiger partial charge >= 0.3 is 0 Å². The molecule has 0 fully saturated rings. The Balaban J connectivity index is 2.69. The van der Waals surface area contributed by atoms with E-state index in [1.54, 1.807) is 0 Å². The SMILES string of the molecule is CNCc1oc(CN(CC(C)C)CC(C)C)cc1C. The van der Waals surface area contributed by atoms with Gasteiger partial charge in [0.15, 0.2) is 0 Å². The second-order valence-electron chi connectivity index (χ2n) is 6.33. The zero-order valence-corrected chi connectivity index (χ0v) is 13.4. The third-order valence-electron chi connectivity index (χ3n) is 3.04. The Labute approximate surface area is 118 Å². The topological polar surface area (TPSA) is 28.4 Å². The molecule has 0 amide bonds. The van der Waals surface area contributed by atoms with Crippen molar-refractivity contribution in [3.05, 3.63) is 23.2 Å². The van der Waals surface area contributed by atoms with E-state index in [9.17, 15) is 0 Å². The van der Waals surface area contributed by atoms with Gasteiger partial charge in [0.2, 0.25) is 0 Å². The molecule has 1 rings (SSSR count). The molecule has 0 aliphatic rings. The number of hydrogen-bond donors (Lipinski definition) is 1. The van der Waals surface area contributed by atoms with Crippen molar-refractivity contribution in [2.75, 3.05) is 20.1 Å². The summed E-state index contributed by atoms with van der Waals surface area (Å²) in [4.78, 5) is 2.50. The van der Waals surface area contributed by atoms with E-state index >= 15 is 0 Å². The Kier molecular flexibility index (Phi) is 6.59. The Hall–Kier alpha value is -0.800. The van der Waals surface area contributed by atoms with Crippen LogP contribution < -0.4 is 5.32 Å². The molecule has 1 N–H and O–H groups in total. The van der Waals surface area contributed by atoms with E-state index < -0.39 is 0 Å². The Bertz CT molecular complexity index is 359. The first-order valence-electron chi connectivity index (χ1n) is 7.37. The average Bonchev–Trinajstić information content (AvgIpc) is 2.57. The summed E-state index contributed by atoms with van der Waals surface area (Å²) in [5.74, 6) is 3.52. The minimum atomic E-state index is 0.687. The van der Waals surface area contributed by atoms with Gasteiger partial charge in [-0.2, -0.15) is 0 Å². The molecular weight excluding hydrogens is 236 g/mol. The summed E-state index contributed by atoms with van der Waals surface area (Å²) in [6, 6.07) is 2.18. The maximum Gasteiger partial charge on any atom is 0.120 e. The van der Waals surface area contributed by atoms with Crippen LogP contribution in [0.3, 0.4) is 0 Å². The van der Waals surface area contributed by atoms with Crippen LogP contribution in [-0.4, -0.2) is 25.0 Å². The molecule has 110 valence electrons. The molecule has 0 aromatic carbocycles. The Morgan fingerprint density at radius 2 is 1.74 bits per heavy atom. The molecule has 19 heavy (non-hydrogen) atoms. The molecule has 0 radical (unpaired) electrons. The lowest BCUT2D eigenvalue weighted by molar-refractivity contribution is 0.195. The first-order valence-corrected chi connectivity index (χ1v) is 7.37. The smallest absolute Gasteiger partial charge is 0.120 e. The summed E-state index contributed by atoms with van der Waals surface area (Å²) in [5.41, 5.74) is 1.25. The summed E-state index contributed by atoms with van der Waals surface area (Å²) >= 11 is 0. The normalized spacial score (nSPS) is 12.1. The lowest BCUT2D eigenvalue weighted by atomic mass is 10.1. The van der Waals surface area contributed by atoms with Gasteiger partial charge in [-0.15, -0.1) is 0 Å². The Morgan fingerprint density at radius 3 is 2.21 bits per heavy atom. The molecule has 0 aliphatic carbocycles. The standard InChI is InChI=1S/C16H30N2O/c1-12(2)9-18(10-13(3)4)11-15-7-14(5)16(19-15)8-17-6/h7,12-13,17H,8-11H2,1-6H3. The zero-order valence-electron chi connectivity index (χ0n) is 13.4. The summed E-state index contributed by atoms with van der Waals surface area (Å²) in [6.07, 6.45) is 0. The van der Waals surface area contributed by atoms with E-state index in [1.807, 2.05) is 7.05 Å². The van der Waals surface area contributed by atoms with E-state index in [0.717, 1.165) is 37.7 Å². The van der Waals surface area contributed by atoms with Crippen molar-refractivity contribution in [2.24, 2.45) is 11.8 Å². The van der Waals surface area contributed by atoms with Gasteiger partial charge in [-0.25, -0.2) is 0 Å². The quantitative estimate of drug-likeness (QED) is 0.781. The van der Waals surface area contributed by atoms with Crippen molar-refractivity contribution < 1.29 is 4.42 Å². The van der Waals surface area contributed by atoms with Gasteiger partial charge in [-0.05, 0) is 37.4 Å². The molecule has 3 heteroatoms. The van der Waals surface area contributed by atoms with E-state index in [-0.39, 0.29) is 0 Å². The zero-order chi connectivity index (χ0) is 14.4. The van der Waals surface area contributed by atoms with Gasteiger partial charge in [0.05, 0.1) is 13.1 Å². The maximum atomic E-state index is 5.94. The molecule has 0 atom stereocenters. The van der Waals surface area contributed by atoms with Gasteiger partial charge in [0.25, 0.3) is 0 Å². The largest absolute Gasteiger partial charge is 0.463 e. The predicted octanol–water partition coefficient (Wildman–Crippen LogP) is 3.42. The van der Waals surface area contributed by atoms with Crippen LogP contribution in [0.25, 0.3) is 0 Å². The second-order valence-corrected chi connectivity index (χ2v) is 6.33. The number of nitrogens with zero attached hydrogens (tertiary/aromatic N) is 1. The number of nitrogens with one attached hydrogen (secondary N) is 1. The third kappa shape index (κ3) is 5.79. The fourth-order valence-electron chi connectivity index (χ4n) is 2.46. The van der Waals surface area contributed by atoms with Crippen LogP contribution in [0, 0.1) is 18.8 Å². The van der Waals surface area contributed by atoms with Crippen molar-refractivity contribution in [3.8, 4) is 0 Å². The second kappa shape index (κ2) is 7.71. The number of aryl methyl sites for hydroxylation is 1. The molecular formula is C16H30N2O. The van der Waals surface area contributed by atoms with E-state index in [1.165, 1.54) is 5.56 Å². The van der Waals surface area contributed by atoms with E-state index in [0.29, 0.717) is 11.8 Å². The minimum absolute atomic E-state index is 0.687. The van der Waals surface area contributed by atoms with Gasteiger partial charge < -0.3 is 9.73 Å².